The number of aromatic amines is 1. The molecular formula is C9H14N4O4. The van der Waals surface area contributed by atoms with Crippen LogP contribution in [0.25, 0.3) is 0 Å². The minimum atomic E-state index is -1.19. The largest absolute Gasteiger partial charge is 0.480 e. The molecule has 1 aromatic rings. The standard InChI is InChI=1S/C9H14N4O4/c14-4-1-6(8(15)16)13-9(17)12-5-7-10-2-3-11-7/h2-3,6,14H,1,4-5H2,(H,10,11)(H,15,16)(H2,12,13,17)/t6-/m1/s1. The lowest BCUT2D eigenvalue weighted by atomic mass is 10.2. The van der Waals surface area contributed by atoms with Gasteiger partial charge < -0.3 is 25.8 Å². The van der Waals surface area contributed by atoms with Crippen LogP contribution in [0.15, 0.2) is 12.4 Å². The predicted molar refractivity (Wildman–Crippen MR) is 57.1 cm³/mol. The van der Waals surface area contributed by atoms with Crippen molar-refractivity contribution in [1.82, 2.24) is 20.6 Å². The van der Waals surface area contributed by atoms with Crippen molar-refractivity contribution >= 4 is 12.0 Å². The summed E-state index contributed by atoms with van der Waals surface area (Å²) in [6.07, 6.45) is 3.12. The van der Waals surface area contributed by atoms with Gasteiger partial charge in [0.05, 0.1) is 6.54 Å². The highest BCUT2D eigenvalue weighted by molar-refractivity contribution is 5.82. The molecule has 8 heteroatoms. The molecule has 2 amide bonds. The van der Waals surface area contributed by atoms with Gasteiger partial charge in [-0.3, -0.25) is 0 Å². The van der Waals surface area contributed by atoms with E-state index < -0.39 is 18.0 Å². The van der Waals surface area contributed by atoms with E-state index in [9.17, 15) is 9.59 Å². The fourth-order valence-electron chi connectivity index (χ4n) is 1.15. The summed E-state index contributed by atoms with van der Waals surface area (Å²) in [6.45, 7) is -0.139. The number of hydrogen-bond donors (Lipinski definition) is 5. The number of aliphatic hydroxyl groups is 1. The molecule has 0 radical (unpaired) electrons. The fourth-order valence-corrected chi connectivity index (χ4v) is 1.15. The van der Waals surface area contributed by atoms with E-state index in [4.69, 9.17) is 10.2 Å². The highest BCUT2D eigenvalue weighted by Crippen LogP contribution is 1.92. The van der Waals surface area contributed by atoms with E-state index in [-0.39, 0.29) is 19.6 Å². The van der Waals surface area contributed by atoms with Gasteiger partial charge in [-0.15, -0.1) is 0 Å². The average molecular weight is 242 g/mol. The van der Waals surface area contributed by atoms with Crippen LogP contribution in [0.4, 0.5) is 4.79 Å². The maximum atomic E-state index is 11.3. The van der Waals surface area contributed by atoms with Crippen LogP contribution in [0, 0.1) is 0 Å². The van der Waals surface area contributed by atoms with Crippen molar-refractivity contribution in [3.8, 4) is 0 Å². The van der Waals surface area contributed by atoms with Crippen LogP contribution in [0.2, 0.25) is 0 Å². The zero-order valence-corrected chi connectivity index (χ0v) is 9.01. The van der Waals surface area contributed by atoms with Gasteiger partial charge in [0.1, 0.15) is 11.9 Å². The van der Waals surface area contributed by atoms with E-state index in [0.29, 0.717) is 5.82 Å². The van der Waals surface area contributed by atoms with Crippen LogP contribution in [0.1, 0.15) is 12.2 Å². The van der Waals surface area contributed by atoms with Crippen molar-refractivity contribution in [2.75, 3.05) is 6.61 Å². The molecular weight excluding hydrogens is 228 g/mol. The molecule has 0 bridgehead atoms. The zero-order valence-electron chi connectivity index (χ0n) is 9.01. The first-order valence-corrected chi connectivity index (χ1v) is 4.99. The lowest BCUT2D eigenvalue weighted by Gasteiger charge is -2.13. The summed E-state index contributed by atoms with van der Waals surface area (Å²) < 4.78 is 0. The van der Waals surface area contributed by atoms with Gasteiger partial charge in [-0.25, -0.2) is 14.6 Å². The topological polar surface area (TPSA) is 127 Å². The smallest absolute Gasteiger partial charge is 0.326 e. The highest BCUT2D eigenvalue weighted by atomic mass is 16.4. The number of carbonyl (C=O) groups excluding carboxylic acids is 1. The summed E-state index contributed by atoms with van der Waals surface area (Å²) in [6, 6.07) is -1.72. The third kappa shape index (κ3) is 4.51. The summed E-state index contributed by atoms with van der Waals surface area (Å²) >= 11 is 0. The molecule has 0 saturated carbocycles. The number of amides is 2. The Morgan fingerprint density at radius 3 is 2.82 bits per heavy atom. The third-order valence-corrected chi connectivity index (χ3v) is 1.99. The Bertz CT molecular complexity index is 365. The van der Waals surface area contributed by atoms with Gasteiger partial charge in [-0.2, -0.15) is 0 Å². The lowest BCUT2D eigenvalue weighted by molar-refractivity contribution is -0.139. The van der Waals surface area contributed by atoms with E-state index in [2.05, 4.69) is 20.6 Å². The second-order valence-electron chi connectivity index (χ2n) is 3.27. The number of aliphatic carboxylic acids is 1. The number of aromatic nitrogens is 2. The Labute approximate surface area is 97.1 Å². The van der Waals surface area contributed by atoms with E-state index in [1.165, 1.54) is 0 Å². The molecule has 8 nitrogen and oxygen atoms in total. The number of aliphatic hydroxyl groups excluding tert-OH is 1. The maximum Gasteiger partial charge on any atom is 0.326 e. The van der Waals surface area contributed by atoms with Crippen molar-refractivity contribution in [3.63, 3.8) is 0 Å². The SMILES string of the molecule is O=C(NCc1ncc[nH]1)N[C@H](CCO)C(=O)O. The summed E-state index contributed by atoms with van der Waals surface area (Å²) in [5, 5.41) is 22.0. The Balaban J connectivity index is 2.34. The molecule has 1 heterocycles. The summed E-state index contributed by atoms with van der Waals surface area (Å²) in [7, 11) is 0. The minimum absolute atomic E-state index is 0.0382. The number of H-pyrrole nitrogens is 1. The minimum Gasteiger partial charge on any atom is -0.480 e. The molecule has 0 unspecified atom stereocenters. The number of carboxylic acids is 1. The third-order valence-electron chi connectivity index (χ3n) is 1.99. The van der Waals surface area contributed by atoms with E-state index in [1.807, 2.05) is 0 Å². The number of rotatable bonds is 6. The van der Waals surface area contributed by atoms with Crippen LogP contribution < -0.4 is 10.6 Å². The van der Waals surface area contributed by atoms with Crippen molar-refractivity contribution in [3.05, 3.63) is 18.2 Å². The number of imidazole rings is 1. The van der Waals surface area contributed by atoms with E-state index in [1.54, 1.807) is 12.4 Å². The molecule has 1 rings (SSSR count). The Morgan fingerprint density at radius 2 is 2.29 bits per heavy atom. The number of nitrogens with one attached hydrogen (secondary N) is 3. The summed E-state index contributed by atoms with van der Waals surface area (Å²) in [5.74, 6) is -0.624. The predicted octanol–water partition coefficient (Wildman–Crippen LogP) is -0.955. The van der Waals surface area contributed by atoms with E-state index >= 15 is 0 Å². The first kappa shape index (κ1) is 13.0. The molecule has 0 saturated heterocycles. The summed E-state index contributed by atoms with van der Waals surface area (Å²) in [5.41, 5.74) is 0. The fraction of sp³-hybridized carbons (Fsp3) is 0.444. The molecule has 0 fully saturated rings. The van der Waals surface area contributed by atoms with Gasteiger partial charge in [0.15, 0.2) is 0 Å². The number of urea groups is 1. The first-order valence-electron chi connectivity index (χ1n) is 4.99. The number of hydrogen-bond acceptors (Lipinski definition) is 4. The van der Waals surface area contributed by atoms with Crippen LogP contribution in [0.5, 0.6) is 0 Å². The molecule has 17 heavy (non-hydrogen) atoms. The molecule has 0 aromatic carbocycles. The molecule has 5 N–H and O–H groups in total. The van der Waals surface area contributed by atoms with Gasteiger partial charge in [0, 0.05) is 25.4 Å². The van der Waals surface area contributed by atoms with Gasteiger partial charge in [0.2, 0.25) is 0 Å². The molecule has 0 aliphatic heterocycles. The number of nitrogens with zero attached hydrogens (tertiary/aromatic N) is 1. The normalized spacial score (nSPS) is 11.8. The molecule has 0 aliphatic carbocycles. The average Bonchev–Trinajstić information content (AvgIpc) is 2.78. The molecule has 0 spiro atoms. The zero-order chi connectivity index (χ0) is 12.7. The molecule has 94 valence electrons. The van der Waals surface area contributed by atoms with Crippen LogP contribution >= 0.6 is 0 Å². The number of carbonyl (C=O) groups is 2. The quantitative estimate of drug-likeness (QED) is 0.439. The van der Waals surface area contributed by atoms with Gasteiger partial charge in [0.25, 0.3) is 0 Å². The Morgan fingerprint density at radius 1 is 1.53 bits per heavy atom. The Kier molecular flexibility index (Phi) is 4.95. The maximum absolute atomic E-state index is 11.3. The molecule has 0 aliphatic rings. The highest BCUT2D eigenvalue weighted by Gasteiger charge is 2.18. The van der Waals surface area contributed by atoms with Gasteiger partial charge in [-0.1, -0.05) is 0 Å². The van der Waals surface area contributed by atoms with Crippen molar-refractivity contribution in [1.29, 1.82) is 0 Å². The monoisotopic (exact) mass is 242 g/mol. The number of carboxylic acid groups (broad SMARTS) is 1. The lowest BCUT2D eigenvalue weighted by Crippen LogP contribution is -2.46. The van der Waals surface area contributed by atoms with E-state index in [0.717, 1.165) is 0 Å². The summed E-state index contributed by atoms with van der Waals surface area (Å²) in [4.78, 5) is 28.7. The molecule has 1 atom stereocenters. The van der Waals surface area contributed by atoms with Crippen LogP contribution in [-0.2, 0) is 11.3 Å². The second-order valence-corrected chi connectivity index (χ2v) is 3.27. The van der Waals surface area contributed by atoms with Crippen molar-refractivity contribution < 1.29 is 19.8 Å². The molecule has 1 aromatic heterocycles. The van der Waals surface area contributed by atoms with Crippen molar-refractivity contribution in [2.45, 2.75) is 19.0 Å². The van der Waals surface area contributed by atoms with Crippen molar-refractivity contribution in [2.24, 2.45) is 0 Å². The van der Waals surface area contributed by atoms with Gasteiger partial charge in [-0.05, 0) is 0 Å². The first-order chi connectivity index (χ1) is 8.13. The van der Waals surface area contributed by atoms with Gasteiger partial charge >= 0.3 is 12.0 Å². The second kappa shape index (κ2) is 6.48. The van der Waals surface area contributed by atoms with Crippen LogP contribution in [-0.4, -0.2) is 44.8 Å². The van der Waals surface area contributed by atoms with Crippen LogP contribution in [0.3, 0.4) is 0 Å². The Hall–Kier alpha value is -2.09.